The molecular weight excluding hydrogens is 256 g/mol. The van der Waals surface area contributed by atoms with Crippen LogP contribution in [0.25, 0.3) is 0 Å². The molecule has 2 aromatic rings. The van der Waals surface area contributed by atoms with Crippen LogP contribution in [0, 0.1) is 0 Å². The van der Waals surface area contributed by atoms with E-state index in [0.717, 1.165) is 11.3 Å². The fraction of sp³-hybridized carbons (Fsp3) is 0.200. The molecule has 5 nitrogen and oxygen atoms in total. The van der Waals surface area contributed by atoms with Gasteiger partial charge in [0.2, 0.25) is 5.88 Å². The van der Waals surface area contributed by atoms with Crippen molar-refractivity contribution in [3.8, 4) is 11.6 Å². The van der Waals surface area contributed by atoms with E-state index < -0.39 is 0 Å². The van der Waals surface area contributed by atoms with E-state index in [4.69, 9.17) is 9.47 Å². The van der Waals surface area contributed by atoms with Gasteiger partial charge in [0.05, 0.1) is 19.8 Å². The van der Waals surface area contributed by atoms with Gasteiger partial charge in [-0.1, -0.05) is 18.2 Å². The Balaban J connectivity index is 2.01. The molecule has 2 rings (SSSR count). The molecule has 20 heavy (non-hydrogen) atoms. The van der Waals surface area contributed by atoms with Crippen molar-refractivity contribution in [1.29, 1.82) is 0 Å². The van der Waals surface area contributed by atoms with Gasteiger partial charge in [0.15, 0.2) is 0 Å². The van der Waals surface area contributed by atoms with E-state index in [1.54, 1.807) is 19.2 Å². The number of benzene rings is 1. The number of aromatic nitrogens is 1. The van der Waals surface area contributed by atoms with Gasteiger partial charge in [-0.25, -0.2) is 4.98 Å². The number of carbonyl (C=O) groups excluding carboxylic acids is 1. The number of para-hydroxylation sites is 1. The first-order valence-electron chi connectivity index (χ1n) is 6.14. The lowest BCUT2D eigenvalue weighted by molar-refractivity contribution is 0.0950. The molecule has 0 fully saturated rings. The lowest BCUT2D eigenvalue weighted by atomic mass is 10.2. The SMILES string of the molecule is COc1ccc(C(=O)NCc2ccccc2OC)cn1. The molecule has 0 atom stereocenters. The van der Waals surface area contributed by atoms with Gasteiger partial charge >= 0.3 is 0 Å². The summed E-state index contributed by atoms with van der Waals surface area (Å²) >= 11 is 0. The number of methoxy groups -OCH3 is 2. The molecule has 1 N–H and O–H groups in total. The van der Waals surface area contributed by atoms with Crippen molar-refractivity contribution in [3.05, 3.63) is 53.7 Å². The number of rotatable bonds is 5. The second-order valence-corrected chi connectivity index (χ2v) is 4.08. The summed E-state index contributed by atoms with van der Waals surface area (Å²) < 4.78 is 10.2. The predicted octanol–water partition coefficient (Wildman–Crippen LogP) is 2.03. The molecule has 0 bridgehead atoms. The highest BCUT2D eigenvalue weighted by Gasteiger charge is 2.08. The van der Waals surface area contributed by atoms with E-state index in [1.807, 2.05) is 24.3 Å². The zero-order valence-corrected chi connectivity index (χ0v) is 11.4. The van der Waals surface area contributed by atoms with E-state index >= 15 is 0 Å². The van der Waals surface area contributed by atoms with Crippen LogP contribution in [0.1, 0.15) is 15.9 Å². The number of ether oxygens (including phenoxy) is 2. The summed E-state index contributed by atoms with van der Waals surface area (Å²) in [5.74, 6) is 1.04. The molecule has 1 aromatic heterocycles. The summed E-state index contributed by atoms with van der Waals surface area (Å²) in [5.41, 5.74) is 1.41. The van der Waals surface area contributed by atoms with Gasteiger partial charge < -0.3 is 14.8 Å². The Bertz CT molecular complexity index is 582. The zero-order chi connectivity index (χ0) is 14.4. The van der Waals surface area contributed by atoms with Crippen molar-refractivity contribution in [2.45, 2.75) is 6.54 Å². The van der Waals surface area contributed by atoms with Gasteiger partial charge in [0, 0.05) is 24.4 Å². The number of nitrogens with zero attached hydrogens (tertiary/aromatic N) is 1. The fourth-order valence-electron chi connectivity index (χ4n) is 1.76. The van der Waals surface area contributed by atoms with Crippen molar-refractivity contribution in [3.63, 3.8) is 0 Å². The maximum atomic E-state index is 12.0. The van der Waals surface area contributed by atoms with Crippen LogP contribution in [0.5, 0.6) is 11.6 Å². The number of hydrogen-bond acceptors (Lipinski definition) is 4. The molecule has 5 heteroatoms. The van der Waals surface area contributed by atoms with Crippen LogP contribution < -0.4 is 14.8 Å². The van der Waals surface area contributed by atoms with Crippen LogP contribution in [0.4, 0.5) is 0 Å². The van der Waals surface area contributed by atoms with E-state index in [-0.39, 0.29) is 5.91 Å². The molecular formula is C15H16N2O3. The van der Waals surface area contributed by atoms with Crippen molar-refractivity contribution >= 4 is 5.91 Å². The Morgan fingerprint density at radius 3 is 2.60 bits per heavy atom. The molecule has 0 spiro atoms. The summed E-state index contributed by atoms with van der Waals surface area (Å²) in [6.07, 6.45) is 1.48. The highest BCUT2D eigenvalue weighted by molar-refractivity contribution is 5.93. The van der Waals surface area contributed by atoms with Gasteiger partial charge in [-0.3, -0.25) is 4.79 Å². The van der Waals surface area contributed by atoms with Gasteiger partial charge in [0.25, 0.3) is 5.91 Å². The summed E-state index contributed by atoms with van der Waals surface area (Å²) in [7, 11) is 3.14. The van der Waals surface area contributed by atoms with Gasteiger partial charge in [-0.2, -0.15) is 0 Å². The standard InChI is InChI=1S/C15H16N2O3/c1-19-13-6-4-3-5-11(13)9-17-15(18)12-7-8-14(20-2)16-10-12/h3-8,10H,9H2,1-2H3,(H,17,18). The summed E-state index contributed by atoms with van der Waals surface area (Å²) in [5, 5.41) is 2.83. The number of amides is 1. The van der Waals surface area contributed by atoms with E-state index in [0.29, 0.717) is 18.0 Å². The van der Waals surface area contributed by atoms with Gasteiger partial charge in [0.1, 0.15) is 5.75 Å². The molecule has 0 aliphatic carbocycles. The minimum atomic E-state index is -0.189. The van der Waals surface area contributed by atoms with Crippen molar-refractivity contribution in [2.75, 3.05) is 14.2 Å². The summed E-state index contributed by atoms with van der Waals surface area (Å²) in [6, 6.07) is 10.9. The molecule has 0 radical (unpaired) electrons. The summed E-state index contributed by atoms with van der Waals surface area (Å²) in [4.78, 5) is 16.0. The third kappa shape index (κ3) is 3.26. The minimum Gasteiger partial charge on any atom is -0.496 e. The van der Waals surface area contributed by atoms with Gasteiger partial charge in [-0.15, -0.1) is 0 Å². The first-order valence-corrected chi connectivity index (χ1v) is 6.14. The van der Waals surface area contributed by atoms with Crippen molar-refractivity contribution < 1.29 is 14.3 Å². The predicted molar refractivity (Wildman–Crippen MR) is 75.0 cm³/mol. The topological polar surface area (TPSA) is 60.5 Å². The van der Waals surface area contributed by atoms with Crippen LogP contribution >= 0.6 is 0 Å². The van der Waals surface area contributed by atoms with Crippen molar-refractivity contribution in [2.24, 2.45) is 0 Å². The average Bonchev–Trinajstić information content (AvgIpc) is 2.53. The third-order valence-corrected chi connectivity index (χ3v) is 2.84. The molecule has 104 valence electrons. The Hall–Kier alpha value is -2.56. The molecule has 1 aromatic carbocycles. The monoisotopic (exact) mass is 272 g/mol. The van der Waals surface area contributed by atoms with E-state index in [2.05, 4.69) is 10.3 Å². The van der Waals surface area contributed by atoms with Crippen LogP contribution in [0.3, 0.4) is 0 Å². The molecule has 0 saturated heterocycles. The molecule has 1 amide bonds. The minimum absolute atomic E-state index is 0.189. The number of hydrogen-bond donors (Lipinski definition) is 1. The van der Waals surface area contributed by atoms with Crippen LogP contribution in [-0.2, 0) is 6.54 Å². The number of carbonyl (C=O) groups is 1. The first kappa shape index (κ1) is 13.9. The van der Waals surface area contributed by atoms with Crippen LogP contribution in [0.2, 0.25) is 0 Å². The Kier molecular flexibility index (Phi) is 4.55. The smallest absolute Gasteiger partial charge is 0.253 e. The molecule has 0 aliphatic heterocycles. The van der Waals surface area contributed by atoms with Crippen LogP contribution in [0.15, 0.2) is 42.6 Å². The Morgan fingerprint density at radius 2 is 1.95 bits per heavy atom. The molecule has 1 heterocycles. The number of nitrogens with one attached hydrogen (secondary N) is 1. The second-order valence-electron chi connectivity index (χ2n) is 4.08. The molecule has 0 unspecified atom stereocenters. The fourth-order valence-corrected chi connectivity index (χ4v) is 1.76. The second kappa shape index (κ2) is 6.56. The lowest BCUT2D eigenvalue weighted by Gasteiger charge is -2.09. The first-order chi connectivity index (χ1) is 9.74. The Labute approximate surface area is 117 Å². The maximum Gasteiger partial charge on any atom is 0.253 e. The highest BCUT2D eigenvalue weighted by Crippen LogP contribution is 2.17. The quantitative estimate of drug-likeness (QED) is 0.904. The summed E-state index contributed by atoms with van der Waals surface area (Å²) in [6.45, 7) is 0.398. The molecule has 0 saturated carbocycles. The third-order valence-electron chi connectivity index (χ3n) is 2.84. The zero-order valence-electron chi connectivity index (χ0n) is 11.4. The van der Waals surface area contributed by atoms with Crippen LogP contribution in [-0.4, -0.2) is 25.1 Å². The van der Waals surface area contributed by atoms with E-state index in [1.165, 1.54) is 13.3 Å². The lowest BCUT2D eigenvalue weighted by Crippen LogP contribution is -2.23. The van der Waals surface area contributed by atoms with Crippen molar-refractivity contribution in [1.82, 2.24) is 10.3 Å². The normalized spacial score (nSPS) is 9.90. The number of pyridine rings is 1. The van der Waals surface area contributed by atoms with E-state index in [9.17, 15) is 4.79 Å². The largest absolute Gasteiger partial charge is 0.496 e. The van der Waals surface area contributed by atoms with Gasteiger partial charge in [-0.05, 0) is 12.1 Å². The Morgan fingerprint density at radius 1 is 1.15 bits per heavy atom. The molecule has 0 aliphatic rings. The maximum absolute atomic E-state index is 12.0. The highest BCUT2D eigenvalue weighted by atomic mass is 16.5. The average molecular weight is 272 g/mol.